The van der Waals surface area contributed by atoms with E-state index >= 15 is 0 Å². The van der Waals surface area contributed by atoms with Crippen molar-refractivity contribution < 1.29 is 9.53 Å². The van der Waals surface area contributed by atoms with Crippen LogP contribution in [0.15, 0.2) is 24.3 Å². The smallest absolute Gasteiger partial charge is 0.252 e. The van der Waals surface area contributed by atoms with Gasteiger partial charge in [-0.2, -0.15) is 0 Å². The summed E-state index contributed by atoms with van der Waals surface area (Å²) in [6, 6.07) is 7.90. The molecule has 1 aliphatic rings. The number of ether oxygens (including phenoxy) is 1. The maximum atomic E-state index is 12.1. The number of carbonyl (C=O) groups excluding carboxylic acids is 1. The maximum Gasteiger partial charge on any atom is 0.252 e. The van der Waals surface area contributed by atoms with Crippen LogP contribution in [0.4, 0.5) is 5.69 Å². The average Bonchev–Trinajstić information content (AvgIpc) is 2.56. The summed E-state index contributed by atoms with van der Waals surface area (Å²) in [5, 5.41) is 0. The number of carbonyl (C=O) groups is 1. The van der Waals surface area contributed by atoms with Crippen molar-refractivity contribution in [1.82, 2.24) is 0 Å². The van der Waals surface area contributed by atoms with Crippen LogP contribution < -0.4 is 10.6 Å². The molecule has 4 heteroatoms. The van der Waals surface area contributed by atoms with E-state index in [1.807, 2.05) is 31.2 Å². The number of fused-ring (bicyclic) bond motifs is 1. The van der Waals surface area contributed by atoms with Gasteiger partial charge >= 0.3 is 0 Å². The highest BCUT2D eigenvalue weighted by Gasteiger charge is 2.24. The molecule has 1 amide bonds. The number of nitrogens with two attached hydrogens (primary N) is 1. The van der Waals surface area contributed by atoms with Gasteiger partial charge in [-0.05, 0) is 31.4 Å². The summed E-state index contributed by atoms with van der Waals surface area (Å²) < 4.78 is 5.21. The lowest BCUT2D eigenvalue weighted by Crippen LogP contribution is -2.34. The van der Waals surface area contributed by atoms with Gasteiger partial charge in [-0.3, -0.25) is 4.79 Å². The van der Waals surface area contributed by atoms with Crippen LogP contribution in [0.3, 0.4) is 0 Å². The summed E-state index contributed by atoms with van der Waals surface area (Å²) in [5.41, 5.74) is 8.13. The van der Waals surface area contributed by atoms with Gasteiger partial charge in [-0.1, -0.05) is 18.2 Å². The molecule has 4 nitrogen and oxygen atoms in total. The first-order chi connectivity index (χ1) is 8.74. The fourth-order valence-corrected chi connectivity index (χ4v) is 2.32. The van der Waals surface area contributed by atoms with E-state index in [4.69, 9.17) is 10.5 Å². The first-order valence-electron chi connectivity index (χ1n) is 6.46. The molecule has 1 unspecified atom stereocenters. The number of amides is 1. The third-order valence-electron chi connectivity index (χ3n) is 3.25. The molecule has 2 N–H and O–H groups in total. The van der Waals surface area contributed by atoms with Crippen LogP contribution in [-0.2, 0) is 9.53 Å². The third-order valence-corrected chi connectivity index (χ3v) is 3.25. The lowest BCUT2D eigenvalue weighted by molar-refractivity contribution is -0.122. The molecule has 1 aromatic rings. The van der Waals surface area contributed by atoms with E-state index in [9.17, 15) is 4.79 Å². The van der Waals surface area contributed by atoms with Gasteiger partial charge in [0.15, 0.2) is 0 Å². The highest BCUT2D eigenvalue weighted by Crippen LogP contribution is 2.31. The van der Waals surface area contributed by atoms with Gasteiger partial charge in [0.2, 0.25) is 0 Å². The Balaban J connectivity index is 2.25. The Morgan fingerprint density at radius 2 is 2.28 bits per heavy atom. The Hall–Kier alpha value is -1.39. The van der Waals surface area contributed by atoms with E-state index in [1.165, 1.54) is 0 Å². The van der Waals surface area contributed by atoms with Crippen molar-refractivity contribution in [2.75, 3.05) is 24.7 Å². The summed E-state index contributed by atoms with van der Waals surface area (Å²) in [6.07, 6.45) is 1.84. The van der Waals surface area contributed by atoms with E-state index in [2.05, 4.69) is 0 Å². The molecule has 0 aromatic heterocycles. The topological polar surface area (TPSA) is 55.6 Å². The van der Waals surface area contributed by atoms with Gasteiger partial charge in [0.05, 0.1) is 0 Å². The zero-order valence-corrected chi connectivity index (χ0v) is 10.8. The Morgan fingerprint density at radius 3 is 3.06 bits per heavy atom. The molecule has 2 rings (SSSR count). The van der Waals surface area contributed by atoms with Gasteiger partial charge in [0.25, 0.3) is 5.91 Å². The van der Waals surface area contributed by atoms with Crippen LogP contribution in [-0.4, -0.2) is 25.7 Å². The predicted octanol–water partition coefficient (Wildman–Crippen LogP) is 1.85. The lowest BCUT2D eigenvalue weighted by Gasteiger charge is -2.23. The van der Waals surface area contributed by atoms with Crippen molar-refractivity contribution in [3.05, 3.63) is 29.8 Å². The van der Waals surface area contributed by atoms with E-state index < -0.39 is 0 Å². The minimum absolute atomic E-state index is 0.0124. The number of hydrogen-bond acceptors (Lipinski definition) is 3. The van der Waals surface area contributed by atoms with Crippen LogP contribution >= 0.6 is 0 Å². The molecule has 0 spiro atoms. The molecule has 98 valence electrons. The minimum atomic E-state index is 0.0124. The van der Waals surface area contributed by atoms with E-state index in [1.54, 1.807) is 4.90 Å². The van der Waals surface area contributed by atoms with Crippen LogP contribution in [0.5, 0.6) is 0 Å². The molecule has 0 fully saturated rings. The van der Waals surface area contributed by atoms with Crippen molar-refractivity contribution in [2.24, 2.45) is 5.73 Å². The number of para-hydroxylation sites is 1. The first-order valence-corrected chi connectivity index (χ1v) is 6.46. The molecule has 1 aromatic carbocycles. The van der Waals surface area contributed by atoms with Crippen molar-refractivity contribution in [1.29, 1.82) is 0 Å². The molecule has 18 heavy (non-hydrogen) atoms. The van der Waals surface area contributed by atoms with Crippen LogP contribution in [0, 0.1) is 0 Å². The quantitative estimate of drug-likeness (QED) is 0.888. The summed E-state index contributed by atoms with van der Waals surface area (Å²) >= 11 is 0. The molecule has 1 heterocycles. The number of nitrogens with zero attached hydrogens (tertiary/aromatic N) is 1. The van der Waals surface area contributed by atoms with Crippen molar-refractivity contribution in [3.63, 3.8) is 0 Å². The largest absolute Gasteiger partial charge is 0.372 e. The van der Waals surface area contributed by atoms with Crippen LogP contribution in [0.2, 0.25) is 0 Å². The highest BCUT2D eigenvalue weighted by atomic mass is 16.5. The van der Waals surface area contributed by atoms with Gasteiger partial charge in [0, 0.05) is 24.9 Å². The maximum absolute atomic E-state index is 12.1. The van der Waals surface area contributed by atoms with Gasteiger partial charge in [-0.15, -0.1) is 0 Å². The van der Waals surface area contributed by atoms with Gasteiger partial charge in [0.1, 0.15) is 6.61 Å². The Morgan fingerprint density at radius 1 is 1.50 bits per heavy atom. The van der Waals surface area contributed by atoms with Crippen LogP contribution in [0.25, 0.3) is 0 Å². The number of benzene rings is 1. The van der Waals surface area contributed by atoms with Crippen LogP contribution in [0.1, 0.15) is 31.4 Å². The Labute approximate surface area is 108 Å². The summed E-state index contributed by atoms with van der Waals surface area (Å²) in [6.45, 7) is 3.30. The first kappa shape index (κ1) is 13.1. The summed E-state index contributed by atoms with van der Waals surface area (Å²) in [4.78, 5) is 13.9. The monoisotopic (exact) mass is 248 g/mol. The molecule has 1 atom stereocenters. The fraction of sp³-hybridized carbons (Fsp3) is 0.500. The molecular formula is C14H20N2O2. The molecule has 0 saturated heterocycles. The second kappa shape index (κ2) is 5.98. The highest BCUT2D eigenvalue weighted by molar-refractivity contribution is 5.95. The fourth-order valence-electron chi connectivity index (χ4n) is 2.32. The van der Waals surface area contributed by atoms with Gasteiger partial charge in [-0.25, -0.2) is 0 Å². The second-order valence-corrected chi connectivity index (χ2v) is 4.49. The van der Waals surface area contributed by atoms with E-state index in [-0.39, 0.29) is 18.6 Å². The second-order valence-electron chi connectivity index (χ2n) is 4.49. The zero-order valence-electron chi connectivity index (χ0n) is 10.8. The Bertz CT molecular complexity index is 420. The molecule has 0 saturated carbocycles. The minimum Gasteiger partial charge on any atom is -0.372 e. The van der Waals surface area contributed by atoms with E-state index in [0.717, 1.165) is 30.6 Å². The van der Waals surface area contributed by atoms with Crippen molar-refractivity contribution in [2.45, 2.75) is 25.8 Å². The molecule has 0 bridgehead atoms. The Kier molecular flexibility index (Phi) is 4.33. The SMILES string of the molecule is CCOCC(=O)N1CCCC(N)c2ccccc21. The van der Waals surface area contributed by atoms with E-state index in [0.29, 0.717) is 6.61 Å². The predicted molar refractivity (Wildman–Crippen MR) is 71.5 cm³/mol. The molecule has 0 radical (unpaired) electrons. The van der Waals surface area contributed by atoms with Crippen molar-refractivity contribution in [3.8, 4) is 0 Å². The standard InChI is InChI=1S/C14H20N2O2/c1-2-18-10-14(17)16-9-5-7-12(15)11-6-3-4-8-13(11)16/h3-4,6,8,12H,2,5,7,9-10,15H2,1H3. The number of hydrogen-bond donors (Lipinski definition) is 1. The number of rotatable bonds is 3. The lowest BCUT2D eigenvalue weighted by atomic mass is 10.0. The normalized spacial score (nSPS) is 19.2. The molecule has 1 aliphatic heterocycles. The molecule has 0 aliphatic carbocycles. The zero-order chi connectivity index (χ0) is 13.0. The summed E-state index contributed by atoms with van der Waals surface area (Å²) in [5.74, 6) is 0.0124. The van der Waals surface area contributed by atoms with Gasteiger partial charge < -0.3 is 15.4 Å². The third kappa shape index (κ3) is 2.71. The number of anilines is 1. The van der Waals surface area contributed by atoms with Crippen molar-refractivity contribution >= 4 is 11.6 Å². The summed E-state index contributed by atoms with van der Waals surface area (Å²) in [7, 11) is 0. The molecular weight excluding hydrogens is 228 g/mol. The average molecular weight is 248 g/mol.